The van der Waals surface area contributed by atoms with E-state index >= 15 is 0 Å². The molecule has 0 radical (unpaired) electrons. The van der Waals surface area contributed by atoms with Gasteiger partial charge in [0.2, 0.25) is 0 Å². The molecule has 13 heavy (non-hydrogen) atoms. The van der Waals surface area contributed by atoms with Crippen molar-refractivity contribution in [2.45, 2.75) is 13.5 Å². The number of nitrogens with zero attached hydrogens (tertiary/aromatic N) is 2. The first kappa shape index (κ1) is 10.2. The van der Waals surface area contributed by atoms with Gasteiger partial charge in [-0.05, 0) is 13.6 Å². The van der Waals surface area contributed by atoms with Gasteiger partial charge in [-0.2, -0.15) is 0 Å². The van der Waals surface area contributed by atoms with E-state index in [1.807, 2.05) is 6.20 Å². The fourth-order valence-corrected chi connectivity index (χ4v) is 1.03. The molecule has 0 aliphatic carbocycles. The normalized spacial score (nSPS) is 11.0. The van der Waals surface area contributed by atoms with Crippen LogP contribution in [0.25, 0.3) is 0 Å². The van der Waals surface area contributed by atoms with Gasteiger partial charge in [-0.25, -0.2) is 4.98 Å². The Morgan fingerprint density at radius 1 is 1.62 bits per heavy atom. The van der Waals surface area contributed by atoms with Crippen molar-refractivity contribution >= 4 is 0 Å². The first-order valence-corrected chi connectivity index (χ1v) is 4.69. The Balaban J connectivity index is 2.02. The van der Waals surface area contributed by atoms with Gasteiger partial charge in [0, 0.05) is 31.5 Å². The first-order valence-electron chi connectivity index (χ1n) is 4.69. The van der Waals surface area contributed by atoms with Crippen LogP contribution >= 0.6 is 0 Å². The van der Waals surface area contributed by atoms with Crippen molar-refractivity contribution in [2.75, 3.05) is 26.7 Å². The monoisotopic (exact) mass is 182 g/mol. The van der Waals surface area contributed by atoms with E-state index in [4.69, 9.17) is 0 Å². The van der Waals surface area contributed by atoms with Crippen LogP contribution in [0.5, 0.6) is 0 Å². The molecule has 1 aromatic heterocycles. The highest BCUT2D eigenvalue weighted by atomic mass is 15.1. The highest BCUT2D eigenvalue weighted by Gasteiger charge is 1.94. The van der Waals surface area contributed by atoms with E-state index < -0.39 is 0 Å². The summed E-state index contributed by atoms with van der Waals surface area (Å²) in [4.78, 5) is 9.28. The fraction of sp³-hybridized carbons (Fsp3) is 0.667. The van der Waals surface area contributed by atoms with Gasteiger partial charge in [-0.3, -0.25) is 0 Å². The van der Waals surface area contributed by atoms with Crippen LogP contribution in [0, 0.1) is 0 Å². The van der Waals surface area contributed by atoms with E-state index in [0.717, 1.165) is 31.9 Å². The Morgan fingerprint density at radius 3 is 3.08 bits per heavy atom. The van der Waals surface area contributed by atoms with Crippen molar-refractivity contribution in [3.05, 3.63) is 18.2 Å². The summed E-state index contributed by atoms with van der Waals surface area (Å²) in [5, 5.41) is 3.34. The van der Waals surface area contributed by atoms with Crippen LogP contribution < -0.4 is 5.32 Å². The Hall–Kier alpha value is -0.870. The maximum Gasteiger partial charge on any atom is 0.0922 e. The molecule has 0 saturated heterocycles. The summed E-state index contributed by atoms with van der Waals surface area (Å²) in [5.41, 5.74) is 1.14. The van der Waals surface area contributed by atoms with Crippen LogP contribution in [0.1, 0.15) is 12.6 Å². The maximum absolute atomic E-state index is 3.95. The predicted molar refractivity (Wildman–Crippen MR) is 53.5 cm³/mol. The molecule has 0 saturated carbocycles. The van der Waals surface area contributed by atoms with Crippen molar-refractivity contribution in [1.29, 1.82) is 0 Å². The molecule has 1 heterocycles. The lowest BCUT2D eigenvalue weighted by Crippen LogP contribution is -2.28. The summed E-state index contributed by atoms with van der Waals surface area (Å²) in [5.74, 6) is 0. The number of aromatic nitrogens is 2. The molecule has 1 aromatic rings. The largest absolute Gasteiger partial charge is 0.347 e. The Kier molecular flexibility index (Phi) is 4.49. The van der Waals surface area contributed by atoms with Crippen molar-refractivity contribution in [2.24, 2.45) is 0 Å². The van der Waals surface area contributed by atoms with Gasteiger partial charge >= 0.3 is 0 Å². The highest BCUT2D eigenvalue weighted by molar-refractivity contribution is 4.92. The van der Waals surface area contributed by atoms with Crippen molar-refractivity contribution in [3.63, 3.8) is 0 Å². The summed E-state index contributed by atoms with van der Waals surface area (Å²) in [6.45, 7) is 6.24. The van der Waals surface area contributed by atoms with Crippen molar-refractivity contribution in [1.82, 2.24) is 20.2 Å². The smallest absolute Gasteiger partial charge is 0.0922 e. The lowest BCUT2D eigenvalue weighted by Gasteiger charge is -2.13. The second kappa shape index (κ2) is 5.72. The van der Waals surface area contributed by atoms with E-state index in [0.29, 0.717) is 0 Å². The number of hydrogen-bond donors (Lipinski definition) is 2. The topological polar surface area (TPSA) is 44.0 Å². The molecule has 0 spiro atoms. The van der Waals surface area contributed by atoms with Crippen LogP contribution in [0.15, 0.2) is 12.5 Å². The molecule has 0 unspecified atom stereocenters. The molecule has 0 aliphatic heterocycles. The molecule has 0 fully saturated rings. The lowest BCUT2D eigenvalue weighted by atomic mass is 10.4. The third-order valence-corrected chi connectivity index (χ3v) is 2.08. The van der Waals surface area contributed by atoms with E-state index in [2.05, 4.69) is 34.2 Å². The summed E-state index contributed by atoms with van der Waals surface area (Å²) in [6, 6.07) is 0. The summed E-state index contributed by atoms with van der Waals surface area (Å²) < 4.78 is 0. The zero-order valence-electron chi connectivity index (χ0n) is 8.38. The first-order chi connectivity index (χ1) is 6.33. The molecule has 0 aliphatic rings. The molecule has 74 valence electrons. The number of aromatic amines is 1. The van der Waals surface area contributed by atoms with Gasteiger partial charge in [0.1, 0.15) is 0 Å². The van der Waals surface area contributed by atoms with E-state index in [-0.39, 0.29) is 0 Å². The fourth-order valence-electron chi connectivity index (χ4n) is 1.03. The van der Waals surface area contributed by atoms with Crippen LogP contribution in [-0.4, -0.2) is 41.5 Å². The molecule has 1 rings (SSSR count). The summed E-state index contributed by atoms with van der Waals surface area (Å²) >= 11 is 0. The second-order valence-electron chi connectivity index (χ2n) is 3.15. The molecule has 0 amide bonds. The quantitative estimate of drug-likeness (QED) is 0.628. The van der Waals surface area contributed by atoms with Gasteiger partial charge in [0.05, 0.1) is 6.33 Å². The van der Waals surface area contributed by atoms with E-state index in [9.17, 15) is 0 Å². The predicted octanol–water partition coefficient (Wildman–Crippen LogP) is 0.451. The van der Waals surface area contributed by atoms with Crippen LogP contribution in [0.2, 0.25) is 0 Å². The van der Waals surface area contributed by atoms with Crippen molar-refractivity contribution < 1.29 is 0 Å². The zero-order chi connectivity index (χ0) is 9.52. The number of rotatable bonds is 6. The highest BCUT2D eigenvalue weighted by Crippen LogP contribution is 1.88. The van der Waals surface area contributed by atoms with Gasteiger partial charge in [0.25, 0.3) is 0 Å². The number of hydrogen-bond acceptors (Lipinski definition) is 3. The molecular formula is C9H18N4. The number of likely N-dealkylation sites (N-methyl/N-ethyl adjacent to an activating group) is 1. The molecule has 4 heteroatoms. The number of nitrogens with one attached hydrogen (secondary N) is 2. The van der Waals surface area contributed by atoms with Crippen LogP contribution in [0.4, 0.5) is 0 Å². The molecule has 4 nitrogen and oxygen atoms in total. The molecule has 0 atom stereocenters. The number of H-pyrrole nitrogens is 1. The zero-order valence-corrected chi connectivity index (χ0v) is 8.38. The van der Waals surface area contributed by atoms with E-state index in [1.54, 1.807) is 6.33 Å². The average Bonchev–Trinajstić information content (AvgIpc) is 2.64. The number of imidazole rings is 1. The lowest BCUT2D eigenvalue weighted by molar-refractivity contribution is 0.348. The maximum atomic E-state index is 3.95. The summed E-state index contributed by atoms with van der Waals surface area (Å²) in [7, 11) is 2.12. The van der Waals surface area contributed by atoms with Crippen LogP contribution in [0.3, 0.4) is 0 Å². The second-order valence-corrected chi connectivity index (χ2v) is 3.15. The van der Waals surface area contributed by atoms with Gasteiger partial charge in [-0.15, -0.1) is 0 Å². The Labute approximate surface area is 79.4 Å². The van der Waals surface area contributed by atoms with E-state index in [1.165, 1.54) is 0 Å². The molecule has 2 N–H and O–H groups in total. The van der Waals surface area contributed by atoms with Gasteiger partial charge < -0.3 is 15.2 Å². The average molecular weight is 182 g/mol. The minimum Gasteiger partial charge on any atom is -0.347 e. The molecule has 0 bridgehead atoms. The van der Waals surface area contributed by atoms with Gasteiger partial charge in [-0.1, -0.05) is 6.92 Å². The van der Waals surface area contributed by atoms with Gasteiger partial charge in [0.15, 0.2) is 0 Å². The van der Waals surface area contributed by atoms with Crippen LogP contribution in [-0.2, 0) is 6.54 Å². The SMILES string of the molecule is CCN(C)CCNCc1cnc[nH]1. The third-order valence-electron chi connectivity index (χ3n) is 2.08. The summed E-state index contributed by atoms with van der Waals surface area (Å²) in [6.07, 6.45) is 3.55. The van der Waals surface area contributed by atoms with Crippen molar-refractivity contribution in [3.8, 4) is 0 Å². The minimum absolute atomic E-state index is 0.873. The Morgan fingerprint density at radius 2 is 2.46 bits per heavy atom. The molecule has 0 aromatic carbocycles. The Bertz CT molecular complexity index is 207. The third kappa shape index (κ3) is 4.05. The standard InChI is InChI=1S/C9H18N4/c1-3-13(2)5-4-10-6-9-7-11-8-12-9/h7-8,10H,3-6H2,1-2H3,(H,11,12). The minimum atomic E-state index is 0.873. The molecular weight excluding hydrogens is 164 g/mol.